The van der Waals surface area contributed by atoms with Gasteiger partial charge in [0, 0.05) is 12.1 Å². The molecule has 1 aliphatic carbocycles. The largest absolute Gasteiger partial charge is 0.337 e. The lowest BCUT2D eigenvalue weighted by molar-refractivity contribution is 0.309. The molecule has 2 aromatic heterocycles. The summed E-state index contributed by atoms with van der Waals surface area (Å²) in [6.07, 6.45) is 3.77. The summed E-state index contributed by atoms with van der Waals surface area (Å²) in [7, 11) is 0. The van der Waals surface area contributed by atoms with E-state index in [1.54, 1.807) is 6.07 Å². The molecule has 5 rings (SSSR count). The van der Waals surface area contributed by atoms with Gasteiger partial charge in [0.15, 0.2) is 5.65 Å². The zero-order valence-electron chi connectivity index (χ0n) is 18.4. The second kappa shape index (κ2) is 8.41. The fourth-order valence-corrected chi connectivity index (χ4v) is 4.67. The maximum Gasteiger partial charge on any atom is 0.337 e. The number of fused-ring (bicyclic) bond motifs is 1. The molecule has 4 aromatic rings. The molecule has 0 unspecified atom stereocenters. The third-order valence-electron chi connectivity index (χ3n) is 6.49. The predicted octanol–water partition coefficient (Wildman–Crippen LogP) is 4.10. The summed E-state index contributed by atoms with van der Waals surface area (Å²) < 4.78 is 16.8. The molecule has 7 heteroatoms. The van der Waals surface area contributed by atoms with Gasteiger partial charge in [-0.2, -0.15) is 0 Å². The molecule has 0 aliphatic heterocycles. The van der Waals surface area contributed by atoms with Crippen LogP contribution in [0.1, 0.15) is 37.3 Å². The second-order valence-electron chi connectivity index (χ2n) is 8.80. The number of halogens is 1. The quantitative estimate of drug-likeness (QED) is 0.516. The SMILES string of the molecule is Cc1ccc(-c2cccc(-n3c(=O)n(C4CCC(N)CC4)c(=O)c4cc(F)cnc43)c2)cc1. The van der Waals surface area contributed by atoms with Crippen molar-refractivity contribution in [1.29, 1.82) is 0 Å². The highest BCUT2D eigenvalue weighted by Gasteiger charge is 2.26. The summed E-state index contributed by atoms with van der Waals surface area (Å²) in [6.45, 7) is 2.03. The Bertz CT molecular complexity index is 1450. The van der Waals surface area contributed by atoms with E-state index in [4.69, 9.17) is 5.73 Å². The molecule has 0 spiro atoms. The van der Waals surface area contributed by atoms with E-state index in [9.17, 15) is 14.0 Å². The van der Waals surface area contributed by atoms with Crippen molar-refractivity contribution < 1.29 is 4.39 Å². The number of hydrogen-bond donors (Lipinski definition) is 1. The normalized spacial score (nSPS) is 18.5. The van der Waals surface area contributed by atoms with Gasteiger partial charge in [0.1, 0.15) is 5.82 Å². The van der Waals surface area contributed by atoms with Crippen LogP contribution in [0, 0.1) is 12.7 Å². The molecule has 0 saturated heterocycles. The Morgan fingerprint density at radius 1 is 0.970 bits per heavy atom. The molecular formula is C26H25FN4O2. The van der Waals surface area contributed by atoms with Gasteiger partial charge in [-0.3, -0.25) is 9.36 Å². The van der Waals surface area contributed by atoms with Gasteiger partial charge in [-0.15, -0.1) is 0 Å². The van der Waals surface area contributed by atoms with Crippen LogP contribution in [0.5, 0.6) is 0 Å². The summed E-state index contributed by atoms with van der Waals surface area (Å²) in [5.41, 5.74) is 8.87. The topological polar surface area (TPSA) is 82.9 Å². The number of nitrogens with zero attached hydrogens (tertiary/aromatic N) is 3. The first-order valence-electron chi connectivity index (χ1n) is 11.2. The zero-order valence-corrected chi connectivity index (χ0v) is 18.4. The molecular weight excluding hydrogens is 419 g/mol. The molecule has 0 atom stereocenters. The number of hydrogen-bond acceptors (Lipinski definition) is 4. The number of nitrogens with two attached hydrogens (primary N) is 1. The average Bonchev–Trinajstić information content (AvgIpc) is 2.81. The number of rotatable bonds is 3. The fourth-order valence-electron chi connectivity index (χ4n) is 4.67. The van der Waals surface area contributed by atoms with E-state index in [1.165, 1.54) is 9.13 Å². The van der Waals surface area contributed by atoms with Crippen molar-refractivity contribution in [2.75, 3.05) is 0 Å². The van der Waals surface area contributed by atoms with Crippen LogP contribution >= 0.6 is 0 Å². The van der Waals surface area contributed by atoms with Gasteiger partial charge >= 0.3 is 5.69 Å². The van der Waals surface area contributed by atoms with Crippen LogP contribution in [0.3, 0.4) is 0 Å². The molecule has 6 nitrogen and oxygen atoms in total. The molecule has 1 aliphatic rings. The maximum atomic E-state index is 14.1. The molecule has 0 amide bonds. The van der Waals surface area contributed by atoms with Crippen molar-refractivity contribution in [3.8, 4) is 16.8 Å². The van der Waals surface area contributed by atoms with Gasteiger partial charge in [-0.05, 0) is 61.9 Å². The minimum Gasteiger partial charge on any atom is -0.328 e. The van der Waals surface area contributed by atoms with E-state index in [1.807, 2.05) is 49.4 Å². The Balaban J connectivity index is 1.75. The Morgan fingerprint density at radius 2 is 1.70 bits per heavy atom. The summed E-state index contributed by atoms with van der Waals surface area (Å²) in [4.78, 5) is 31.2. The van der Waals surface area contributed by atoms with Crippen LogP contribution in [0.15, 0.2) is 70.4 Å². The maximum absolute atomic E-state index is 14.1. The van der Waals surface area contributed by atoms with Crippen molar-refractivity contribution >= 4 is 11.0 Å². The highest BCUT2D eigenvalue weighted by Crippen LogP contribution is 2.27. The lowest BCUT2D eigenvalue weighted by Crippen LogP contribution is -2.44. The zero-order chi connectivity index (χ0) is 23.1. The van der Waals surface area contributed by atoms with E-state index >= 15 is 0 Å². The van der Waals surface area contributed by atoms with Gasteiger partial charge in [0.25, 0.3) is 5.56 Å². The predicted molar refractivity (Wildman–Crippen MR) is 127 cm³/mol. The van der Waals surface area contributed by atoms with Crippen molar-refractivity contribution in [2.45, 2.75) is 44.7 Å². The molecule has 1 fully saturated rings. The summed E-state index contributed by atoms with van der Waals surface area (Å²) in [5, 5.41) is 0.0882. The summed E-state index contributed by atoms with van der Waals surface area (Å²) in [6, 6.07) is 16.6. The van der Waals surface area contributed by atoms with Crippen molar-refractivity contribution in [3.63, 3.8) is 0 Å². The molecule has 2 heterocycles. The van der Waals surface area contributed by atoms with Gasteiger partial charge in [0.2, 0.25) is 0 Å². The Labute approximate surface area is 190 Å². The number of benzene rings is 2. The summed E-state index contributed by atoms with van der Waals surface area (Å²) in [5.74, 6) is -0.615. The van der Waals surface area contributed by atoms with Crippen molar-refractivity contribution in [1.82, 2.24) is 14.1 Å². The smallest absolute Gasteiger partial charge is 0.328 e. The Morgan fingerprint density at radius 3 is 2.42 bits per heavy atom. The molecule has 0 radical (unpaired) electrons. The molecule has 2 N–H and O–H groups in total. The van der Waals surface area contributed by atoms with E-state index in [2.05, 4.69) is 4.98 Å². The van der Waals surface area contributed by atoms with E-state index < -0.39 is 17.1 Å². The first kappa shape index (κ1) is 21.3. The third-order valence-corrected chi connectivity index (χ3v) is 6.49. The third kappa shape index (κ3) is 3.89. The van der Waals surface area contributed by atoms with Crippen LogP contribution in [-0.4, -0.2) is 20.2 Å². The van der Waals surface area contributed by atoms with Gasteiger partial charge in [0.05, 0.1) is 17.3 Å². The van der Waals surface area contributed by atoms with E-state index in [0.717, 1.165) is 41.8 Å². The highest BCUT2D eigenvalue weighted by atomic mass is 19.1. The minimum atomic E-state index is -0.615. The minimum absolute atomic E-state index is 0.0740. The summed E-state index contributed by atoms with van der Waals surface area (Å²) >= 11 is 0. The number of aromatic nitrogens is 3. The lowest BCUT2D eigenvalue weighted by Gasteiger charge is -2.28. The highest BCUT2D eigenvalue weighted by molar-refractivity contribution is 5.76. The molecule has 1 saturated carbocycles. The van der Waals surface area contributed by atoms with Crippen molar-refractivity contribution in [3.05, 3.63) is 93.0 Å². The number of pyridine rings is 1. The Kier molecular flexibility index (Phi) is 5.42. The standard InChI is InChI=1S/C26H25FN4O2/c1-16-5-7-17(8-6-16)18-3-2-4-22(13-18)30-24-23(14-19(27)15-29-24)25(32)31(26(30)33)21-11-9-20(28)10-12-21/h2-8,13-15,20-21H,9-12,28H2,1H3. The fraction of sp³-hybridized carbons (Fsp3) is 0.269. The van der Waals surface area contributed by atoms with Crippen LogP contribution in [0.25, 0.3) is 27.8 Å². The molecule has 2 aromatic carbocycles. The van der Waals surface area contributed by atoms with Crippen LogP contribution in [0.2, 0.25) is 0 Å². The second-order valence-corrected chi connectivity index (χ2v) is 8.80. The van der Waals surface area contributed by atoms with E-state index in [-0.39, 0.29) is 23.1 Å². The lowest BCUT2D eigenvalue weighted by atomic mass is 9.91. The van der Waals surface area contributed by atoms with Crippen molar-refractivity contribution in [2.24, 2.45) is 5.73 Å². The van der Waals surface area contributed by atoms with Gasteiger partial charge in [-0.1, -0.05) is 42.0 Å². The van der Waals surface area contributed by atoms with E-state index in [0.29, 0.717) is 18.5 Å². The average molecular weight is 445 g/mol. The molecule has 33 heavy (non-hydrogen) atoms. The van der Waals surface area contributed by atoms with Gasteiger partial charge < -0.3 is 5.73 Å². The molecule has 0 bridgehead atoms. The monoisotopic (exact) mass is 444 g/mol. The van der Waals surface area contributed by atoms with Gasteiger partial charge in [-0.25, -0.2) is 18.7 Å². The molecule has 168 valence electrons. The number of aryl methyl sites for hydroxylation is 1. The first-order valence-corrected chi connectivity index (χ1v) is 11.2. The Hall–Kier alpha value is -3.58. The first-order chi connectivity index (χ1) is 15.9. The van der Waals surface area contributed by atoms with Crippen LogP contribution in [0.4, 0.5) is 4.39 Å². The van der Waals surface area contributed by atoms with Crippen LogP contribution < -0.4 is 17.0 Å². The van der Waals surface area contributed by atoms with Crippen LogP contribution in [-0.2, 0) is 0 Å².